The highest BCUT2D eigenvalue weighted by atomic mass is 16.6. The molecule has 0 unspecified atom stereocenters. The summed E-state index contributed by atoms with van der Waals surface area (Å²) in [6, 6.07) is 5.84. The lowest BCUT2D eigenvalue weighted by molar-refractivity contribution is 0.0497. The molecule has 0 bridgehead atoms. The number of methoxy groups -OCH3 is 1. The van der Waals surface area contributed by atoms with Gasteiger partial charge in [0.05, 0.1) is 23.9 Å². The van der Waals surface area contributed by atoms with Crippen LogP contribution in [0.2, 0.25) is 0 Å². The highest BCUT2D eigenvalue weighted by molar-refractivity contribution is 5.91. The number of carbonyl (C=O) groups excluding carboxylic acids is 1. The monoisotopic (exact) mass is 383 g/mol. The Balaban J connectivity index is 1.78. The summed E-state index contributed by atoms with van der Waals surface area (Å²) < 4.78 is 10.6. The van der Waals surface area contributed by atoms with Crippen LogP contribution in [0.4, 0.5) is 10.5 Å². The third-order valence-electron chi connectivity index (χ3n) is 4.52. The van der Waals surface area contributed by atoms with E-state index in [0.29, 0.717) is 35.6 Å². The maximum Gasteiger partial charge on any atom is 0.407 e. The zero-order valence-electron chi connectivity index (χ0n) is 16.7. The number of alkyl carbamates (subject to hydrolysis) is 1. The second-order valence-electron chi connectivity index (χ2n) is 7.76. The minimum absolute atomic E-state index is 0.0345. The zero-order chi connectivity index (χ0) is 20.3. The highest BCUT2D eigenvalue weighted by Crippen LogP contribution is 2.31. The number of nitriles is 1. The maximum atomic E-state index is 12.0. The fourth-order valence-corrected chi connectivity index (χ4v) is 3.27. The van der Waals surface area contributed by atoms with E-state index >= 15 is 0 Å². The third kappa shape index (κ3) is 4.42. The summed E-state index contributed by atoms with van der Waals surface area (Å²) in [4.78, 5) is 23.0. The molecule has 1 fully saturated rings. The van der Waals surface area contributed by atoms with Crippen LogP contribution in [0, 0.1) is 11.3 Å². The van der Waals surface area contributed by atoms with Crippen molar-refractivity contribution in [2.45, 2.75) is 45.3 Å². The van der Waals surface area contributed by atoms with Gasteiger partial charge in [0, 0.05) is 31.4 Å². The summed E-state index contributed by atoms with van der Waals surface area (Å²) in [5.74, 6) is 0.479. The molecule has 0 spiro atoms. The van der Waals surface area contributed by atoms with E-state index in [-0.39, 0.29) is 6.04 Å². The Bertz CT molecular complexity index is 908. The lowest BCUT2D eigenvalue weighted by Gasteiger charge is -2.34. The molecule has 28 heavy (non-hydrogen) atoms. The molecule has 8 nitrogen and oxygen atoms in total. The molecule has 1 N–H and O–H groups in total. The second kappa shape index (κ2) is 7.89. The molecular formula is C20H25N5O3. The van der Waals surface area contributed by atoms with E-state index in [1.807, 2.05) is 26.8 Å². The number of nitrogens with one attached hydrogen (secondary N) is 1. The van der Waals surface area contributed by atoms with Crippen molar-refractivity contribution in [3.63, 3.8) is 0 Å². The summed E-state index contributed by atoms with van der Waals surface area (Å²) in [5, 5.41) is 12.5. The Labute approximate surface area is 164 Å². The number of anilines is 1. The minimum atomic E-state index is -0.521. The predicted molar refractivity (Wildman–Crippen MR) is 105 cm³/mol. The fourth-order valence-electron chi connectivity index (χ4n) is 3.27. The average molecular weight is 383 g/mol. The van der Waals surface area contributed by atoms with E-state index in [4.69, 9.17) is 9.47 Å². The molecule has 2 aromatic heterocycles. The smallest absolute Gasteiger partial charge is 0.407 e. The Morgan fingerprint density at radius 2 is 2.04 bits per heavy atom. The number of pyridine rings is 2. The van der Waals surface area contributed by atoms with Gasteiger partial charge in [0.15, 0.2) is 0 Å². The summed E-state index contributed by atoms with van der Waals surface area (Å²) in [6.07, 6.45) is 2.68. The first-order valence-electron chi connectivity index (χ1n) is 9.29. The molecule has 3 heterocycles. The molecule has 2 aromatic rings. The van der Waals surface area contributed by atoms with Gasteiger partial charge in [-0.25, -0.2) is 9.78 Å². The minimum Gasteiger partial charge on any atom is -0.481 e. The Kier molecular flexibility index (Phi) is 5.54. The second-order valence-corrected chi connectivity index (χ2v) is 7.76. The van der Waals surface area contributed by atoms with Crippen LogP contribution in [0.1, 0.15) is 39.2 Å². The molecule has 0 aromatic carbocycles. The van der Waals surface area contributed by atoms with Crippen LogP contribution < -0.4 is 15.0 Å². The summed E-state index contributed by atoms with van der Waals surface area (Å²) in [6.45, 7) is 6.90. The van der Waals surface area contributed by atoms with Gasteiger partial charge in [-0.1, -0.05) is 0 Å². The Morgan fingerprint density at radius 1 is 1.32 bits per heavy atom. The van der Waals surface area contributed by atoms with Gasteiger partial charge in [-0.05, 0) is 39.7 Å². The number of ether oxygens (including phenoxy) is 2. The largest absolute Gasteiger partial charge is 0.481 e. The van der Waals surface area contributed by atoms with Crippen molar-refractivity contribution in [1.29, 1.82) is 5.26 Å². The summed E-state index contributed by atoms with van der Waals surface area (Å²) >= 11 is 0. The molecular weight excluding hydrogens is 358 g/mol. The van der Waals surface area contributed by atoms with Crippen molar-refractivity contribution in [2.75, 3.05) is 25.1 Å². The van der Waals surface area contributed by atoms with Gasteiger partial charge in [-0.2, -0.15) is 5.26 Å². The lowest BCUT2D eigenvalue weighted by atomic mass is 10.0. The first-order valence-corrected chi connectivity index (χ1v) is 9.29. The number of fused-ring (bicyclic) bond motifs is 1. The first-order chi connectivity index (χ1) is 13.3. The topological polar surface area (TPSA) is 100 Å². The fraction of sp³-hybridized carbons (Fsp3) is 0.500. The zero-order valence-corrected chi connectivity index (χ0v) is 16.7. The van der Waals surface area contributed by atoms with Crippen LogP contribution in [0.15, 0.2) is 18.3 Å². The molecule has 0 atom stereocenters. The van der Waals surface area contributed by atoms with E-state index in [9.17, 15) is 10.1 Å². The number of piperidine rings is 1. The number of nitrogens with zero attached hydrogens (tertiary/aromatic N) is 4. The number of carbonyl (C=O) groups is 1. The number of rotatable bonds is 3. The van der Waals surface area contributed by atoms with Crippen LogP contribution in [0.3, 0.4) is 0 Å². The van der Waals surface area contributed by atoms with Gasteiger partial charge < -0.3 is 19.7 Å². The van der Waals surface area contributed by atoms with Crippen molar-refractivity contribution >= 4 is 22.8 Å². The number of hydrogen-bond donors (Lipinski definition) is 1. The van der Waals surface area contributed by atoms with Crippen molar-refractivity contribution < 1.29 is 14.3 Å². The molecule has 1 aliphatic rings. The van der Waals surface area contributed by atoms with Crippen LogP contribution in [0.5, 0.6) is 5.88 Å². The number of aromatic nitrogens is 2. The molecule has 1 amide bonds. The number of amides is 1. The van der Waals surface area contributed by atoms with Gasteiger partial charge in [-0.15, -0.1) is 0 Å². The van der Waals surface area contributed by atoms with Crippen LogP contribution in [-0.2, 0) is 4.74 Å². The van der Waals surface area contributed by atoms with Gasteiger partial charge in [0.25, 0.3) is 0 Å². The van der Waals surface area contributed by atoms with Gasteiger partial charge in [0.1, 0.15) is 17.2 Å². The van der Waals surface area contributed by atoms with E-state index in [1.54, 1.807) is 19.4 Å². The molecule has 3 rings (SSSR count). The molecule has 148 valence electrons. The van der Waals surface area contributed by atoms with Gasteiger partial charge in [-0.3, -0.25) is 4.98 Å². The summed E-state index contributed by atoms with van der Waals surface area (Å²) in [5.41, 5.74) is 2.09. The first kappa shape index (κ1) is 19.7. The Morgan fingerprint density at radius 3 is 2.64 bits per heavy atom. The van der Waals surface area contributed by atoms with E-state index in [1.165, 1.54) is 0 Å². The standard InChI is InChI=1S/C20H25N5O3/c1-20(2,3)28-19(26)23-14-7-9-25(10-8-14)18-13(11-21)12-22-15-5-6-16(27-4)24-17(15)18/h5-6,12,14H,7-10H2,1-4H3,(H,23,26). The third-order valence-corrected chi connectivity index (χ3v) is 4.52. The lowest BCUT2D eigenvalue weighted by Crippen LogP contribution is -2.46. The Hall–Kier alpha value is -3.08. The van der Waals surface area contributed by atoms with Gasteiger partial charge >= 0.3 is 6.09 Å². The molecule has 0 radical (unpaired) electrons. The average Bonchev–Trinajstić information content (AvgIpc) is 2.65. The normalized spacial score (nSPS) is 15.2. The van der Waals surface area contributed by atoms with Gasteiger partial charge in [0.2, 0.25) is 5.88 Å². The quantitative estimate of drug-likeness (QED) is 0.869. The molecule has 8 heteroatoms. The molecule has 0 saturated carbocycles. The highest BCUT2D eigenvalue weighted by Gasteiger charge is 2.26. The van der Waals surface area contributed by atoms with Crippen LogP contribution in [-0.4, -0.2) is 47.9 Å². The van der Waals surface area contributed by atoms with E-state index < -0.39 is 11.7 Å². The van der Waals surface area contributed by atoms with Crippen LogP contribution >= 0.6 is 0 Å². The molecule has 1 saturated heterocycles. The number of hydrogen-bond acceptors (Lipinski definition) is 7. The van der Waals surface area contributed by atoms with Crippen LogP contribution in [0.25, 0.3) is 11.0 Å². The maximum absolute atomic E-state index is 12.0. The van der Waals surface area contributed by atoms with Crippen molar-refractivity contribution in [3.8, 4) is 11.9 Å². The van der Waals surface area contributed by atoms with E-state index in [2.05, 4.69) is 26.3 Å². The van der Waals surface area contributed by atoms with Crippen molar-refractivity contribution in [1.82, 2.24) is 15.3 Å². The van der Waals surface area contributed by atoms with Crippen molar-refractivity contribution in [3.05, 3.63) is 23.9 Å². The molecule has 0 aliphatic carbocycles. The summed E-state index contributed by atoms with van der Waals surface area (Å²) in [7, 11) is 1.56. The van der Waals surface area contributed by atoms with E-state index in [0.717, 1.165) is 18.5 Å². The predicted octanol–water partition coefficient (Wildman–Crippen LogP) is 3.00. The SMILES string of the molecule is COc1ccc2ncc(C#N)c(N3CCC(NC(=O)OC(C)(C)C)CC3)c2n1. The molecule has 1 aliphatic heterocycles. The van der Waals surface area contributed by atoms with Crippen molar-refractivity contribution in [2.24, 2.45) is 0 Å².